The molecule has 0 spiro atoms. The standard InChI is InChI=1S/C11H19N3/c1-9-2-4-10(5-3-9)14-8-11-12-6-7-13-11/h6-7,9-10,14H,2-5,8H2,1H3,(H,12,13). The van der Waals surface area contributed by atoms with Gasteiger partial charge in [0.05, 0.1) is 6.54 Å². The molecule has 1 aliphatic rings. The minimum absolute atomic E-state index is 0.705. The van der Waals surface area contributed by atoms with Crippen LogP contribution < -0.4 is 5.32 Å². The van der Waals surface area contributed by atoms with Crippen molar-refractivity contribution in [3.63, 3.8) is 0 Å². The largest absolute Gasteiger partial charge is 0.348 e. The van der Waals surface area contributed by atoms with Crippen LogP contribution in [0.25, 0.3) is 0 Å². The van der Waals surface area contributed by atoms with Gasteiger partial charge in [-0.1, -0.05) is 6.92 Å². The second kappa shape index (κ2) is 4.60. The van der Waals surface area contributed by atoms with Crippen molar-refractivity contribution in [2.75, 3.05) is 0 Å². The molecule has 0 aliphatic heterocycles. The Labute approximate surface area is 85.3 Å². The Morgan fingerprint density at radius 2 is 2.21 bits per heavy atom. The number of hydrogen-bond acceptors (Lipinski definition) is 2. The Hall–Kier alpha value is -0.830. The summed E-state index contributed by atoms with van der Waals surface area (Å²) in [4.78, 5) is 7.31. The summed E-state index contributed by atoms with van der Waals surface area (Å²) in [5, 5.41) is 3.55. The van der Waals surface area contributed by atoms with Gasteiger partial charge < -0.3 is 10.3 Å². The highest BCUT2D eigenvalue weighted by molar-refractivity contribution is 4.87. The van der Waals surface area contributed by atoms with Crippen molar-refractivity contribution in [1.82, 2.24) is 15.3 Å². The van der Waals surface area contributed by atoms with Gasteiger partial charge in [-0.2, -0.15) is 0 Å². The molecule has 1 heterocycles. The number of rotatable bonds is 3. The third kappa shape index (κ3) is 2.58. The SMILES string of the molecule is CC1CCC(NCc2ncc[nH]2)CC1. The summed E-state index contributed by atoms with van der Waals surface area (Å²) in [6.07, 6.45) is 9.06. The van der Waals surface area contributed by atoms with E-state index in [4.69, 9.17) is 0 Å². The molecule has 1 aromatic rings. The van der Waals surface area contributed by atoms with Crippen molar-refractivity contribution in [1.29, 1.82) is 0 Å². The number of hydrogen-bond donors (Lipinski definition) is 2. The van der Waals surface area contributed by atoms with Crippen molar-refractivity contribution < 1.29 is 0 Å². The van der Waals surface area contributed by atoms with E-state index in [0.717, 1.165) is 18.3 Å². The van der Waals surface area contributed by atoms with Gasteiger partial charge in [-0.15, -0.1) is 0 Å². The van der Waals surface area contributed by atoms with Gasteiger partial charge in [0.25, 0.3) is 0 Å². The average molecular weight is 193 g/mol. The maximum atomic E-state index is 4.20. The lowest BCUT2D eigenvalue weighted by Gasteiger charge is -2.26. The molecule has 0 atom stereocenters. The first-order valence-corrected chi connectivity index (χ1v) is 5.56. The zero-order valence-electron chi connectivity index (χ0n) is 8.79. The lowest BCUT2D eigenvalue weighted by molar-refractivity contribution is 0.305. The van der Waals surface area contributed by atoms with Crippen molar-refractivity contribution in [3.8, 4) is 0 Å². The van der Waals surface area contributed by atoms with Crippen LogP contribution in [0.4, 0.5) is 0 Å². The molecule has 78 valence electrons. The van der Waals surface area contributed by atoms with Gasteiger partial charge in [0.15, 0.2) is 0 Å². The van der Waals surface area contributed by atoms with Gasteiger partial charge in [0, 0.05) is 18.4 Å². The van der Waals surface area contributed by atoms with Gasteiger partial charge in [-0.3, -0.25) is 0 Å². The smallest absolute Gasteiger partial charge is 0.120 e. The van der Waals surface area contributed by atoms with E-state index in [1.165, 1.54) is 25.7 Å². The highest BCUT2D eigenvalue weighted by atomic mass is 15.0. The summed E-state index contributed by atoms with van der Waals surface area (Å²) in [6, 6.07) is 0.705. The molecule has 1 aliphatic carbocycles. The zero-order valence-corrected chi connectivity index (χ0v) is 8.79. The normalized spacial score (nSPS) is 27.8. The van der Waals surface area contributed by atoms with Crippen LogP contribution in [0.2, 0.25) is 0 Å². The second-order valence-corrected chi connectivity index (χ2v) is 4.37. The fourth-order valence-corrected chi connectivity index (χ4v) is 2.10. The fraction of sp³-hybridized carbons (Fsp3) is 0.727. The Bertz CT molecular complexity index is 248. The van der Waals surface area contributed by atoms with E-state index >= 15 is 0 Å². The van der Waals surface area contributed by atoms with E-state index in [-0.39, 0.29) is 0 Å². The van der Waals surface area contributed by atoms with Gasteiger partial charge in [0.1, 0.15) is 5.82 Å². The summed E-state index contributed by atoms with van der Waals surface area (Å²) in [7, 11) is 0. The molecule has 1 aromatic heterocycles. The molecule has 0 amide bonds. The van der Waals surface area contributed by atoms with Crippen molar-refractivity contribution in [2.24, 2.45) is 5.92 Å². The average Bonchev–Trinajstić information content (AvgIpc) is 2.70. The number of aromatic amines is 1. The fourth-order valence-electron chi connectivity index (χ4n) is 2.10. The van der Waals surface area contributed by atoms with E-state index in [2.05, 4.69) is 22.2 Å². The third-order valence-electron chi connectivity index (χ3n) is 3.13. The highest BCUT2D eigenvalue weighted by Crippen LogP contribution is 2.23. The van der Waals surface area contributed by atoms with Gasteiger partial charge in [-0.05, 0) is 31.6 Å². The van der Waals surface area contributed by atoms with Crippen LogP contribution >= 0.6 is 0 Å². The van der Waals surface area contributed by atoms with Crippen LogP contribution in [-0.4, -0.2) is 16.0 Å². The van der Waals surface area contributed by atoms with Crippen LogP contribution in [0.1, 0.15) is 38.4 Å². The summed E-state index contributed by atoms with van der Waals surface area (Å²) in [5.74, 6) is 1.97. The van der Waals surface area contributed by atoms with Gasteiger partial charge in [-0.25, -0.2) is 4.98 Å². The van der Waals surface area contributed by atoms with E-state index in [1.807, 2.05) is 6.20 Å². The van der Waals surface area contributed by atoms with Crippen LogP contribution in [-0.2, 0) is 6.54 Å². The molecule has 3 heteroatoms. The molecule has 0 aromatic carbocycles. The number of aromatic nitrogens is 2. The summed E-state index contributed by atoms with van der Waals surface area (Å²) in [5.41, 5.74) is 0. The van der Waals surface area contributed by atoms with Crippen LogP contribution in [0, 0.1) is 5.92 Å². The Kier molecular flexibility index (Phi) is 3.19. The molecule has 0 saturated heterocycles. The van der Waals surface area contributed by atoms with Crippen LogP contribution in [0.5, 0.6) is 0 Å². The third-order valence-corrected chi connectivity index (χ3v) is 3.13. The first-order chi connectivity index (χ1) is 6.84. The maximum Gasteiger partial charge on any atom is 0.120 e. The van der Waals surface area contributed by atoms with Crippen molar-refractivity contribution in [3.05, 3.63) is 18.2 Å². The van der Waals surface area contributed by atoms with Crippen LogP contribution in [0.15, 0.2) is 12.4 Å². The molecule has 14 heavy (non-hydrogen) atoms. The molecule has 2 rings (SSSR count). The highest BCUT2D eigenvalue weighted by Gasteiger charge is 2.17. The lowest BCUT2D eigenvalue weighted by atomic mass is 9.87. The summed E-state index contributed by atoms with van der Waals surface area (Å²) >= 11 is 0. The van der Waals surface area contributed by atoms with Crippen molar-refractivity contribution >= 4 is 0 Å². The maximum absolute atomic E-state index is 4.20. The predicted molar refractivity (Wildman–Crippen MR) is 56.8 cm³/mol. The van der Waals surface area contributed by atoms with E-state index in [0.29, 0.717) is 6.04 Å². The minimum atomic E-state index is 0.705. The summed E-state index contributed by atoms with van der Waals surface area (Å²) in [6.45, 7) is 3.23. The topological polar surface area (TPSA) is 40.7 Å². The quantitative estimate of drug-likeness (QED) is 0.771. The molecule has 0 unspecified atom stereocenters. The van der Waals surface area contributed by atoms with Gasteiger partial charge >= 0.3 is 0 Å². The van der Waals surface area contributed by atoms with Crippen LogP contribution in [0.3, 0.4) is 0 Å². The molecule has 0 bridgehead atoms. The number of imidazole rings is 1. The molecule has 0 radical (unpaired) electrons. The predicted octanol–water partition coefficient (Wildman–Crippen LogP) is 2.08. The van der Waals surface area contributed by atoms with E-state index in [1.54, 1.807) is 6.20 Å². The van der Waals surface area contributed by atoms with Gasteiger partial charge in [0.2, 0.25) is 0 Å². The molecule has 2 N–H and O–H groups in total. The van der Waals surface area contributed by atoms with E-state index in [9.17, 15) is 0 Å². The zero-order chi connectivity index (χ0) is 9.80. The lowest BCUT2D eigenvalue weighted by Crippen LogP contribution is -2.32. The first kappa shape index (κ1) is 9.71. The molecule has 3 nitrogen and oxygen atoms in total. The number of nitrogens with zero attached hydrogens (tertiary/aromatic N) is 1. The monoisotopic (exact) mass is 193 g/mol. The number of nitrogens with one attached hydrogen (secondary N) is 2. The number of H-pyrrole nitrogens is 1. The minimum Gasteiger partial charge on any atom is -0.348 e. The molecular weight excluding hydrogens is 174 g/mol. The molecular formula is C11H19N3. The first-order valence-electron chi connectivity index (χ1n) is 5.56. The van der Waals surface area contributed by atoms with Crippen molar-refractivity contribution in [2.45, 2.75) is 45.2 Å². The molecule has 1 fully saturated rings. The molecule has 1 saturated carbocycles. The second-order valence-electron chi connectivity index (χ2n) is 4.37. The van der Waals surface area contributed by atoms with E-state index < -0.39 is 0 Å². The Morgan fingerprint density at radius 1 is 1.43 bits per heavy atom. The summed E-state index contributed by atoms with van der Waals surface area (Å²) < 4.78 is 0. The Morgan fingerprint density at radius 3 is 2.86 bits per heavy atom. The Balaban J connectivity index is 1.71.